The zero-order valence-corrected chi connectivity index (χ0v) is 15.4. The normalized spacial score (nSPS) is 10.8. The van der Waals surface area contributed by atoms with Crippen LogP contribution in [0.3, 0.4) is 0 Å². The maximum absolute atomic E-state index is 12.3. The van der Waals surface area contributed by atoms with Gasteiger partial charge in [-0.3, -0.25) is 5.43 Å². The summed E-state index contributed by atoms with van der Waals surface area (Å²) >= 11 is 5.57. The van der Waals surface area contributed by atoms with Gasteiger partial charge in [0.25, 0.3) is 5.76 Å². The van der Waals surface area contributed by atoms with E-state index in [2.05, 4.69) is 15.8 Å². The van der Waals surface area contributed by atoms with Crippen LogP contribution in [0.4, 0.5) is 14.5 Å². The molecule has 0 aliphatic heterocycles. The minimum absolute atomic E-state index is 0.238. The highest BCUT2D eigenvalue weighted by atomic mass is 32.2. The van der Waals surface area contributed by atoms with E-state index in [1.165, 1.54) is 6.21 Å². The molecular weight excluding hydrogens is 396 g/mol. The topological polar surface area (TPSA) is 83.0 Å². The summed E-state index contributed by atoms with van der Waals surface area (Å²) in [7, 11) is 0. The van der Waals surface area contributed by atoms with Gasteiger partial charge in [0, 0.05) is 10.6 Å². The molecule has 0 aliphatic carbocycles. The third-order valence-corrected chi connectivity index (χ3v) is 3.88. The molecule has 0 unspecified atom stereocenters. The molecule has 0 aromatic heterocycles. The molecule has 2 aromatic carbocycles. The average molecular weight is 411 g/mol. The lowest BCUT2D eigenvalue weighted by Crippen LogP contribution is -2.23. The molecule has 2 aromatic rings. The fraction of sp³-hybridized carbons (Fsp3) is 0.118. The number of hydrogen-bond acceptors (Lipinski definition) is 5. The summed E-state index contributed by atoms with van der Waals surface area (Å²) in [5, 5.41) is 15.6. The van der Waals surface area contributed by atoms with Gasteiger partial charge in [-0.2, -0.15) is 13.9 Å². The van der Waals surface area contributed by atoms with Crippen LogP contribution in [0, 0.1) is 0 Å². The average Bonchev–Trinajstić information content (AvgIpc) is 2.62. The van der Waals surface area contributed by atoms with E-state index in [-0.39, 0.29) is 5.11 Å². The van der Waals surface area contributed by atoms with Gasteiger partial charge in [0.1, 0.15) is 5.75 Å². The van der Waals surface area contributed by atoms with Gasteiger partial charge < -0.3 is 15.2 Å². The van der Waals surface area contributed by atoms with Crippen LogP contribution >= 0.6 is 24.0 Å². The molecule has 0 amide bonds. The maximum atomic E-state index is 12.3. The number of alkyl halides is 2. The van der Waals surface area contributed by atoms with E-state index < -0.39 is 18.3 Å². The number of benzene rings is 2. The minimum atomic E-state index is -2.46. The highest BCUT2D eigenvalue weighted by Gasteiger charge is 2.05. The first-order valence-electron chi connectivity index (χ1n) is 7.52. The monoisotopic (exact) mass is 411 g/mol. The first-order valence-corrected chi connectivity index (χ1v) is 8.81. The van der Waals surface area contributed by atoms with Crippen molar-refractivity contribution in [2.45, 2.75) is 10.7 Å². The number of thiocarbonyl (C=S) groups is 1. The Kier molecular flexibility index (Phi) is 7.96. The Bertz CT molecular complexity index is 800. The standard InChI is InChI=1S/C17H15F2N3O3S2/c18-16(19)27-14-7-3-12(4-8-14)21-17(26)22-20-9-11-1-5-13(6-2-11)25-10-15(23)24/h1-9,16H,10H2,(H,23,24)(H2,21,22,26)/b20-9-. The van der Waals surface area contributed by atoms with Crippen LogP contribution in [0.15, 0.2) is 58.5 Å². The minimum Gasteiger partial charge on any atom is -0.482 e. The lowest BCUT2D eigenvalue weighted by atomic mass is 10.2. The van der Waals surface area contributed by atoms with Crippen molar-refractivity contribution in [1.82, 2.24) is 5.43 Å². The molecule has 0 heterocycles. The highest BCUT2D eigenvalue weighted by Crippen LogP contribution is 2.26. The number of halogens is 2. The van der Waals surface area contributed by atoms with Crippen molar-refractivity contribution >= 4 is 47.0 Å². The zero-order chi connectivity index (χ0) is 19.6. The largest absolute Gasteiger partial charge is 0.482 e. The van der Waals surface area contributed by atoms with Crippen molar-refractivity contribution < 1.29 is 23.4 Å². The van der Waals surface area contributed by atoms with Crippen LogP contribution in [0.2, 0.25) is 0 Å². The van der Waals surface area contributed by atoms with Gasteiger partial charge in [-0.05, 0) is 66.3 Å². The molecule has 3 N–H and O–H groups in total. The second-order valence-electron chi connectivity index (χ2n) is 4.98. The fourth-order valence-electron chi connectivity index (χ4n) is 1.84. The molecule has 27 heavy (non-hydrogen) atoms. The van der Waals surface area contributed by atoms with E-state index >= 15 is 0 Å². The van der Waals surface area contributed by atoms with Crippen molar-refractivity contribution in [2.75, 3.05) is 11.9 Å². The molecule has 0 saturated carbocycles. The lowest BCUT2D eigenvalue weighted by Gasteiger charge is -2.08. The number of ether oxygens (including phenoxy) is 1. The van der Waals surface area contributed by atoms with Gasteiger partial charge in [-0.25, -0.2) is 4.79 Å². The number of carbonyl (C=O) groups is 1. The molecule has 6 nitrogen and oxygen atoms in total. The summed E-state index contributed by atoms with van der Waals surface area (Å²) in [4.78, 5) is 10.9. The maximum Gasteiger partial charge on any atom is 0.341 e. The van der Waals surface area contributed by atoms with E-state index in [4.69, 9.17) is 22.1 Å². The fourth-order valence-corrected chi connectivity index (χ4v) is 2.51. The van der Waals surface area contributed by atoms with Crippen LogP contribution in [0.1, 0.15) is 5.56 Å². The Morgan fingerprint density at radius 3 is 2.48 bits per heavy atom. The van der Waals surface area contributed by atoms with Gasteiger partial charge in [-0.15, -0.1) is 0 Å². The van der Waals surface area contributed by atoms with Gasteiger partial charge in [0.05, 0.1) is 6.21 Å². The van der Waals surface area contributed by atoms with Crippen LogP contribution in [-0.2, 0) is 4.79 Å². The van der Waals surface area contributed by atoms with E-state index in [9.17, 15) is 13.6 Å². The zero-order valence-electron chi connectivity index (χ0n) is 13.8. The first kappa shape index (κ1) is 20.6. The number of hydrazone groups is 1. The Hall–Kier alpha value is -2.72. The number of nitrogens with one attached hydrogen (secondary N) is 2. The van der Waals surface area contributed by atoms with Gasteiger partial charge >= 0.3 is 5.97 Å². The molecule has 142 valence electrons. The summed E-state index contributed by atoms with van der Waals surface area (Å²) < 4.78 is 29.6. The van der Waals surface area contributed by atoms with Crippen molar-refractivity contribution in [3.63, 3.8) is 0 Å². The molecule has 0 fully saturated rings. The third-order valence-electron chi connectivity index (χ3n) is 2.96. The van der Waals surface area contributed by atoms with Crippen molar-refractivity contribution in [2.24, 2.45) is 5.10 Å². The number of carboxylic acid groups (broad SMARTS) is 1. The van der Waals surface area contributed by atoms with Gasteiger partial charge in [0.2, 0.25) is 0 Å². The molecule has 0 spiro atoms. The third kappa shape index (κ3) is 8.01. The molecule has 0 radical (unpaired) electrons. The number of anilines is 1. The Morgan fingerprint density at radius 2 is 1.89 bits per heavy atom. The lowest BCUT2D eigenvalue weighted by molar-refractivity contribution is -0.139. The SMILES string of the molecule is O=C(O)COc1ccc(/C=N\NC(=S)Nc2ccc(SC(F)F)cc2)cc1. The molecule has 0 atom stereocenters. The summed E-state index contributed by atoms with van der Waals surface area (Å²) in [5.74, 6) is -3.07. The van der Waals surface area contributed by atoms with E-state index in [1.807, 2.05) is 0 Å². The van der Waals surface area contributed by atoms with Crippen molar-refractivity contribution in [3.8, 4) is 5.75 Å². The van der Waals surface area contributed by atoms with Gasteiger partial charge in [0.15, 0.2) is 11.7 Å². The van der Waals surface area contributed by atoms with Crippen molar-refractivity contribution in [1.29, 1.82) is 0 Å². The second-order valence-corrected chi connectivity index (χ2v) is 6.45. The molecule has 0 bridgehead atoms. The van der Waals surface area contributed by atoms with E-state index in [0.29, 0.717) is 28.1 Å². The first-order chi connectivity index (χ1) is 12.9. The van der Waals surface area contributed by atoms with Crippen molar-refractivity contribution in [3.05, 3.63) is 54.1 Å². The number of carboxylic acids is 1. The van der Waals surface area contributed by atoms with Crippen LogP contribution < -0.4 is 15.5 Å². The Labute approximate surface area is 163 Å². The molecule has 10 heteroatoms. The summed E-state index contributed by atoms with van der Waals surface area (Å²) in [5.41, 5.74) is 4.03. The van der Waals surface area contributed by atoms with E-state index in [0.717, 1.165) is 5.56 Å². The number of rotatable bonds is 8. The number of nitrogens with zero attached hydrogens (tertiary/aromatic N) is 1. The molecule has 0 saturated heterocycles. The second kappa shape index (κ2) is 10.4. The summed E-state index contributed by atoms with van der Waals surface area (Å²) in [6.45, 7) is -0.406. The summed E-state index contributed by atoms with van der Waals surface area (Å²) in [6, 6.07) is 13.1. The highest BCUT2D eigenvalue weighted by molar-refractivity contribution is 7.99. The smallest absolute Gasteiger partial charge is 0.341 e. The number of aliphatic carboxylic acids is 1. The Balaban J connectivity index is 1.79. The molecular formula is C17H15F2N3O3S2. The van der Waals surface area contributed by atoms with Gasteiger partial charge in [-0.1, -0.05) is 11.8 Å². The number of thioether (sulfide) groups is 1. The van der Waals surface area contributed by atoms with Crippen LogP contribution in [0.25, 0.3) is 0 Å². The molecule has 0 aliphatic rings. The Morgan fingerprint density at radius 1 is 1.22 bits per heavy atom. The molecule has 2 rings (SSSR count). The van der Waals surface area contributed by atoms with Crippen LogP contribution in [-0.4, -0.2) is 34.8 Å². The predicted octanol–water partition coefficient (Wildman–Crippen LogP) is 3.79. The number of hydrogen-bond donors (Lipinski definition) is 3. The summed E-state index contributed by atoms with van der Waals surface area (Å²) in [6.07, 6.45) is 1.53. The predicted molar refractivity (Wildman–Crippen MR) is 105 cm³/mol. The quantitative estimate of drug-likeness (QED) is 0.264. The van der Waals surface area contributed by atoms with Crippen LogP contribution in [0.5, 0.6) is 5.75 Å². The van der Waals surface area contributed by atoms with E-state index in [1.54, 1.807) is 48.5 Å².